The number of carbonyl (C=O) groups excluding carboxylic acids is 3. The predicted molar refractivity (Wildman–Crippen MR) is 95.0 cm³/mol. The summed E-state index contributed by atoms with van der Waals surface area (Å²) in [5.41, 5.74) is 0.257. The van der Waals surface area contributed by atoms with Crippen LogP contribution in [0.2, 0.25) is 0 Å². The van der Waals surface area contributed by atoms with Crippen LogP contribution >= 0.6 is 0 Å². The van der Waals surface area contributed by atoms with E-state index in [0.29, 0.717) is 44.3 Å². The minimum Gasteiger partial charge on any atom is -0.493 e. The van der Waals surface area contributed by atoms with Gasteiger partial charge < -0.3 is 28.7 Å². The van der Waals surface area contributed by atoms with E-state index in [-0.39, 0.29) is 24.2 Å². The van der Waals surface area contributed by atoms with Crippen molar-refractivity contribution in [3.05, 3.63) is 23.8 Å². The van der Waals surface area contributed by atoms with Crippen molar-refractivity contribution in [2.45, 2.75) is 6.92 Å². The monoisotopic (exact) mass is 380 g/mol. The van der Waals surface area contributed by atoms with Gasteiger partial charge in [-0.05, 0) is 25.1 Å². The van der Waals surface area contributed by atoms with E-state index in [0.717, 1.165) is 0 Å². The Balaban J connectivity index is 1.83. The summed E-state index contributed by atoms with van der Waals surface area (Å²) in [7, 11) is 2.96. The molecule has 0 aromatic heterocycles. The molecule has 0 atom stereocenters. The number of ether oxygens (including phenoxy) is 4. The molecular weight excluding hydrogens is 356 g/mol. The van der Waals surface area contributed by atoms with Crippen molar-refractivity contribution in [3.8, 4) is 11.5 Å². The number of hydrogen-bond acceptors (Lipinski definition) is 7. The van der Waals surface area contributed by atoms with Gasteiger partial charge in [-0.1, -0.05) is 0 Å². The summed E-state index contributed by atoms with van der Waals surface area (Å²) in [5, 5.41) is 0. The van der Waals surface area contributed by atoms with Gasteiger partial charge in [0.25, 0.3) is 5.91 Å². The fraction of sp³-hybridized carbons (Fsp3) is 0.500. The number of amides is 2. The van der Waals surface area contributed by atoms with E-state index in [1.807, 2.05) is 0 Å². The number of rotatable bonds is 6. The van der Waals surface area contributed by atoms with Crippen LogP contribution in [0.15, 0.2) is 18.2 Å². The first-order chi connectivity index (χ1) is 13.0. The second-order valence-electron chi connectivity index (χ2n) is 5.71. The van der Waals surface area contributed by atoms with Crippen molar-refractivity contribution >= 4 is 18.0 Å². The fourth-order valence-corrected chi connectivity index (χ4v) is 2.62. The summed E-state index contributed by atoms with van der Waals surface area (Å²) in [4.78, 5) is 39.1. The molecule has 0 unspecified atom stereocenters. The highest BCUT2D eigenvalue weighted by atomic mass is 16.6. The summed E-state index contributed by atoms with van der Waals surface area (Å²) < 4.78 is 20.3. The molecule has 0 N–H and O–H groups in total. The van der Waals surface area contributed by atoms with E-state index in [2.05, 4.69) is 0 Å². The maximum absolute atomic E-state index is 12.2. The Morgan fingerprint density at radius 1 is 0.926 bits per heavy atom. The summed E-state index contributed by atoms with van der Waals surface area (Å²) in [6, 6.07) is 4.61. The van der Waals surface area contributed by atoms with Gasteiger partial charge in [-0.2, -0.15) is 0 Å². The van der Waals surface area contributed by atoms with Gasteiger partial charge in [0.2, 0.25) is 0 Å². The van der Waals surface area contributed by atoms with Crippen LogP contribution in [0.25, 0.3) is 0 Å². The number of carbonyl (C=O) groups is 3. The van der Waals surface area contributed by atoms with Crippen molar-refractivity contribution in [2.75, 3.05) is 53.6 Å². The lowest BCUT2D eigenvalue weighted by molar-refractivity contribution is -0.136. The molecule has 1 aliphatic heterocycles. The van der Waals surface area contributed by atoms with Crippen LogP contribution in [0.1, 0.15) is 17.3 Å². The molecule has 1 aromatic carbocycles. The molecule has 1 aromatic rings. The number of piperazine rings is 1. The first-order valence-electron chi connectivity index (χ1n) is 8.58. The van der Waals surface area contributed by atoms with Crippen LogP contribution in [0, 0.1) is 0 Å². The summed E-state index contributed by atoms with van der Waals surface area (Å²) in [6.45, 7) is 3.18. The van der Waals surface area contributed by atoms with Crippen LogP contribution in [0.3, 0.4) is 0 Å². The third-order valence-corrected chi connectivity index (χ3v) is 4.10. The number of hydrogen-bond donors (Lipinski definition) is 0. The van der Waals surface area contributed by atoms with Crippen LogP contribution < -0.4 is 9.47 Å². The summed E-state index contributed by atoms with van der Waals surface area (Å²) in [5.74, 6) is -0.0558. The summed E-state index contributed by atoms with van der Waals surface area (Å²) >= 11 is 0. The Morgan fingerprint density at radius 3 is 2.15 bits per heavy atom. The van der Waals surface area contributed by atoms with Gasteiger partial charge in [-0.15, -0.1) is 0 Å². The average Bonchev–Trinajstić information content (AvgIpc) is 2.71. The molecule has 0 bridgehead atoms. The molecule has 1 saturated heterocycles. The predicted octanol–water partition coefficient (Wildman–Crippen LogP) is 1.16. The minimum atomic E-state index is -0.630. The molecule has 2 rings (SSSR count). The second kappa shape index (κ2) is 9.65. The fourth-order valence-electron chi connectivity index (χ4n) is 2.62. The Labute approximate surface area is 157 Å². The molecule has 148 valence electrons. The van der Waals surface area contributed by atoms with Gasteiger partial charge >= 0.3 is 12.1 Å². The van der Waals surface area contributed by atoms with E-state index in [9.17, 15) is 14.4 Å². The normalized spacial score (nSPS) is 13.7. The third kappa shape index (κ3) is 5.25. The first-order valence-corrected chi connectivity index (χ1v) is 8.58. The molecule has 0 saturated carbocycles. The minimum absolute atomic E-state index is 0.257. The van der Waals surface area contributed by atoms with Crippen LogP contribution in [0.5, 0.6) is 11.5 Å². The van der Waals surface area contributed by atoms with Crippen molar-refractivity contribution in [1.29, 1.82) is 0 Å². The van der Waals surface area contributed by atoms with E-state index >= 15 is 0 Å². The Bertz CT molecular complexity index is 684. The highest BCUT2D eigenvalue weighted by molar-refractivity contribution is 5.92. The molecule has 1 fully saturated rings. The lowest BCUT2D eigenvalue weighted by Crippen LogP contribution is -2.51. The topological polar surface area (TPSA) is 94.6 Å². The van der Waals surface area contributed by atoms with Crippen molar-refractivity contribution < 1.29 is 33.3 Å². The highest BCUT2D eigenvalue weighted by Crippen LogP contribution is 2.27. The van der Waals surface area contributed by atoms with Crippen molar-refractivity contribution in [3.63, 3.8) is 0 Å². The van der Waals surface area contributed by atoms with E-state index in [1.165, 1.54) is 26.4 Å². The quantitative estimate of drug-likeness (QED) is 0.684. The zero-order valence-corrected chi connectivity index (χ0v) is 15.7. The zero-order chi connectivity index (χ0) is 19.8. The SMILES string of the molecule is CCOC(=O)N1CCN(C(=O)COC(=O)c2ccc(OC)c(OC)c2)CC1. The first kappa shape index (κ1) is 20.3. The van der Waals surface area contributed by atoms with Gasteiger partial charge in [0.15, 0.2) is 18.1 Å². The van der Waals surface area contributed by atoms with Gasteiger partial charge in [-0.3, -0.25) is 4.79 Å². The molecule has 2 amide bonds. The molecule has 0 spiro atoms. The lowest BCUT2D eigenvalue weighted by Gasteiger charge is -2.33. The smallest absolute Gasteiger partial charge is 0.409 e. The maximum atomic E-state index is 12.2. The van der Waals surface area contributed by atoms with Gasteiger partial charge in [0.1, 0.15) is 0 Å². The van der Waals surface area contributed by atoms with E-state index < -0.39 is 5.97 Å². The highest BCUT2D eigenvalue weighted by Gasteiger charge is 2.25. The molecule has 9 nitrogen and oxygen atoms in total. The van der Waals surface area contributed by atoms with Gasteiger partial charge in [0.05, 0.1) is 26.4 Å². The number of esters is 1. The zero-order valence-electron chi connectivity index (χ0n) is 15.7. The average molecular weight is 380 g/mol. The molecule has 9 heteroatoms. The van der Waals surface area contributed by atoms with Crippen LogP contribution in [-0.2, 0) is 14.3 Å². The molecule has 0 aliphatic carbocycles. The third-order valence-electron chi connectivity index (χ3n) is 4.10. The standard InChI is InChI=1S/C18H24N2O7/c1-4-26-18(23)20-9-7-19(8-10-20)16(21)12-27-17(22)13-5-6-14(24-2)15(11-13)25-3/h5-6,11H,4,7-10,12H2,1-3H3. The van der Waals surface area contributed by atoms with Crippen molar-refractivity contribution in [1.82, 2.24) is 9.80 Å². The van der Waals surface area contributed by atoms with Gasteiger partial charge in [-0.25, -0.2) is 9.59 Å². The van der Waals surface area contributed by atoms with Crippen molar-refractivity contribution in [2.24, 2.45) is 0 Å². The molecule has 1 heterocycles. The summed E-state index contributed by atoms with van der Waals surface area (Å²) in [6.07, 6.45) is -0.385. The molecule has 0 radical (unpaired) electrons. The van der Waals surface area contributed by atoms with Crippen LogP contribution in [0.4, 0.5) is 4.79 Å². The van der Waals surface area contributed by atoms with Gasteiger partial charge in [0, 0.05) is 26.2 Å². The Morgan fingerprint density at radius 2 is 1.56 bits per heavy atom. The molecule has 27 heavy (non-hydrogen) atoms. The second-order valence-corrected chi connectivity index (χ2v) is 5.71. The molecular formula is C18H24N2O7. The molecule has 1 aliphatic rings. The van der Waals surface area contributed by atoms with E-state index in [4.69, 9.17) is 18.9 Å². The van der Waals surface area contributed by atoms with Crippen LogP contribution in [-0.4, -0.2) is 81.4 Å². The number of methoxy groups -OCH3 is 2. The van der Waals surface area contributed by atoms with E-state index in [1.54, 1.807) is 22.8 Å². The largest absolute Gasteiger partial charge is 0.493 e. The number of nitrogens with zero attached hydrogens (tertiary/aromatic N) is 2. The maximum Gasteiger partial charge on any atom is 0.409 e. The number of benzene rings is 1. The lowest BCUT2D eigenvalue weighted by atomic mass is 10.2. The Hall–Kier alpha value is -2.97. The Kier molecular flexibility index (Phi) is 7.27.